The molecule has 1 aliphatic rings. The lowest BCUT2D eigenvalue weighted by Crippen LogP contribution is -2.33. The molecule has 7 nitrogen and oxygen atoms in total. The van der Waals surface area contributed by atoms with Crippen molar-refractivity contribution in [3.05, 3.63) is 22.7 Å². The van der Waals surface area contributed by atoms with Crippen LogP contribution in [0, 0.1) is 5.92 Å². The van der Waals surface area contributed by atoms with Crippen LogP contribution in [0.2, 0.25) is 0 Å². The van der Waals surface area contributed by atoms with Gasteiger partial charge in [-0.15, -0.1) is 0 Å². The number of hydrogen-bond acceptors (Lipinski definition) is 6. The first-order chi connectivity index (χ1) is 8.04. The molecule has 2 heterocycles. The van der Waals surface area contributed by atoms with E-state index in [9.17, 15) is 9.90 Å². The maximum Gasteiger partial charge on any atom is 0.351 e. The molecule has 17 heavy (non-hydrogen) atoms. The Morgan fingerprint density at radius 2 is 2.35 bits per heavy atom. The maximum atomic E-state index is 11.6. The highest BCUT2D eigenvalue weighted by Crippen LogP contribution is 2.32. The van der Waals surface area contributed by atoms with Gasteiger partial charge in [0, 0.05) is 12.1 Å². The molecule has 0 saturated carbocycles. The summed E-state index contributed by atoms with van der Waals surface area (Å²) in [7, 11) is 0. The third kappa shape index (κ3) is 2.04. The van der Waals surface area contributed by atoms with Gasteiger partial charge in [-0.25, -0.2) is 4.79 Å². The van der Waals surface area contributed by atoms with Crippen LogP contribution in [0.3, 0.4) is 0 Å². The molecule has 0 aromatic carbocycles. The maximum absolute atomic E-state index is 11.6. The number of hydrogen-bond donors (Lipinski definition) is 3. The van der Waals surface area contributed by atoms with Crippen LogP contribution in [0.4, 0.5) is 5.82 Å². The summed E-state index contributed by atoms with van der Waals surface area (Å²) in [6.45, 7) is 1.55. The molecule has 1 saturated heterocycles. The standard InChI is InChI=1S/C10H15N3O4/c1-5-6(4-14)17-9(8(5)15)13-3-2-7(11)12-10(13)16/h2-3,5-6,8-9,14-15H,4H2,1H3,(H2,11,12,16)/t5-,6-,8-,9?/m1/s1. The SMILES string of the molecule is C[C@@H]1[C@@H](CO)OC(n2ccc(N)nc2=O)[C@@H]1O. The average Bonchev–Trinajstić information content (AvgIpc) is 2.57. The van der Waals surface area contributed by atoms with Gasteiger partial charge in [0.2, 0.25) is 0 Å². The van der Waals surface area contributed by atoms with E-state index < -0.39 is 24.1 Å². The summed E-state index contributed by atoms with van der Waals surface area (Å²) >= 11 is 0. The number of nitrogens with zero attached hydrogens (tertiary/aromatic N) is 2. The third-order valence-electron chi connectivity index (χ3n) is 3.04. The van der Waals surface area contributed by atoms with E-state index in [-0.39, 0.29) is 18.3 Å². The summed E-state index contributed by atoms with van der Waals surface area (Å²) in [6.07, 6.45) is -0.761. The van der Waals surface area contributed by atoms with E-state index in [1.165, 1.54) is 16.8 Å². The van der Waals surface area contributed by atoms with Gasteiger partial charge in [-0.3, -0.25) is 4.57 Å². The van der Waals surface area contributed by atoms with Gasteiger partial charge in [0.25, 0.3) is 0 Å². The van der Waals surface area contributed by atoms with Crippen molar-refractivity contribution in [2.45, 2.75) is 25.4 Å². The van der Waals surface area contributed by atoms with Crippen LogP contribution in [-0.2, 0) is 4.74 Å². The summed E-state index contributed by atoms with van der Waals surface area (Å²) in [4.78, 5) is 15.2. The molecule has 1 unspecified atom stereocenters. The molecule has 0 bridgehead atoms. The minimum absolute atomic E-state index is 0.116. The molecule has 2 rings (SSSR count). The highest BCUT2D eigenvalue weighted by molar-refractivity contribution is 5.23. The average molecular weight is 241 g/mol. The van der Waals surface area contributed by atoms with E-state index >= 15 is 0 Å². The minimum atomic E-state index is -0.865. The summed E-state index contributed by atoms with van der Waals surface area (Å²) in [5.74, 6) is -0.139. The highest BCUT2D eigenvalue weighted by atomic mass is 16.5. The van der Waals surface area contributed by atoms with Crippen molar-refractivity contribution in [3.63, 3.8) is 0 Å². The number of rotatable bonds is 2. The van der Waals surface area contributed by atoms with Gasteiger partial charge in [0.15, 0.2) is 6.23 Å². The number of aliphatic hydroxyl groups is 2. The Labute approximate surface area is 97.5 Å². The van der Waals surface area contributed by atoms with Gasteiger partial charge < -0.3 is 20.7 Å². The first-order valence-electron chi connectivity index (χ1n) is 5.33. The van der Waals surface area contributed by atoms with Crippen molar-refractivity contribution in [3.8, 4) is 0 Å². The zero-order chi connectivity index (χ0) is 12.6. The van der Waals surface area contributed by atoms with Crippen molar-refractivity contribution in [1.82, 2.24) is 9.55 Å². The number of aliphatic hydroxyl groups excluding tert-OH is 2. The van der Waals surface area contributed by atoms with Gasteiger partial charge in [-0.05, 0) is 6.07 Å². The van der Waals surface area contributed by atoms with Crippen molar-refractivity contribution in [2.24, 2.45) is 5.92 Å². The monoisotopic (exact) mass is 241 g/mol. The van der Waals surface area contributed by atoms with E-state index in [0.29, 0.717) is 0 Å². The molecule has 94 valence electrons. The number of anilines is 1. The van der Waals surface area contributed by atoms with Crippen molar-refractivity contribution in [1.29, 1.82) is 0 Å². The van der Waals surface area contributed by atoms with Gasteiger partial charge in [-0.2, -0.15) is 4.98 Å². The summed E-state index contributed by atoms with van der Waals surface area (Å²) in [5, 5.41) is 19.0. The second-order valence-corrected chi connectivity index (χ2v) is 4.14. The zero-order valence-corrected chi connectivity index (χ0v) is 9.35. The van der Waals surface area contributed by atoms with Crippen LogP contribution >= 0.6 is 0 Å². The predicted molar refractivity (Wildman–Crippen MR) is 59.1 cm³/mol. The summed E-state index contributed by atoms with van der Waals surface area (Å²) < 4.78 is 6.60. The van der Waals surface area contributed by atoms with Gasteiger partial charge >= 0.3 is 5.69 Å². The molecule has 0 radical (unpaired) electrons. The molecule has 1 aliphatic heterocycles. The fourth-order valence-corrected chi connectivity index (χ4v) is 1.92. The minimum Gasteiger partial charge on any atom is -0.394 e. The van der Waals surface area contributed by atoms with Crippen LogP contribution in [0.1, 0.15) is 13.2 Å². The summed E-state index contributed by atoms with van der Waals surface area (Å²) in [6, 6.07) is 1.45. The van der Waals surface area contributed by atoms with Crippen LogP contribution in [0.25, 0.3) is 0 Å². The molecule has 1 aromatic heterocycles. The lowest BCUT2D eigenvalue weighted by molar-refractivity contribution is -0.0533. The Morgan fingerprint density at radius 1 is 1.65 bits per heavy atom. The van der Waals surface area contributed by atoms with E-state index in [0.717, 1.165) is 0 Å². The second kappa shape index (κ2) is 4.44. The Balaban J connectivity index is 2.32. The Bertz CT molecular complexity index is 461. The lowest BCUT2D eigenvalue weighted by atomic mass is 10.0. The zero-order valence-electron chi connectivity index (χ0n) is 9.35. The van der Waals surface area contributed by atoms with E-state index in [1.807, 2.05) is 0 Å². The topological polar surface area (TPSA) is 111 Å². The van der Waals surface area contributed by atoms with E-state index in [2.05, 4.69) is 4.98 Å². The predicted octanol–water partition coefficient (Wildman–Crippen LogP) is -1.29. The van der Waals surface area contributed by atoms with Crippen LogP contribution in [-0.4, -0.2) is 38.6 Å². The molecule has 7 heteroatoms. The second-order valence-electron chi connectivity index (χ2n) is 4.14. The molecular formula is C10H15N3O4. The van der Waals surface area contributed by atoms with Crippen molar-refractivity contribution in [2.75, 3.05) is 12.3 Å². The van der Waals surface area contributed by atoms with E-state index in [1.54, 1.807) is 6.92 Å². The molecule has 0 aliphatic carbocycles. The van der Waals surface area contributed by atoms with E-state index in [4.69, 9.17) is 15.6 Å². The quantitative estimate of drug-likeness (QED) is 0.594. The van der Waals surface area contributed by atoms with Gasteiger partial charge in [-0.1, -0.05) is 6.92 Å². The molecule has 4 atom stereocenters. The Kier molecular flexibility index (Phi) is 3.14. The van der Waals surface area contributed by atoms with Gasteiger partial charge in [0.1, 0.15) is 11.9 Å². The van der Waals surface area contributed by atoms with Crippen molar-refractivity contribution < 1.29 is 14.9 Å². The summed E-state index contributed by atoms with van der Waals surface area (Å²) in [5.41, 5.74) is 4.79. The van der Waals surface area contributed by atoms with Crippen LogP contribution in [0.5, 0.6) is 0 Å². The highest BCUT2D eigenvalue weighted by Gasteiger charge is 2.41. The van der Waals surface area contributed by atoms with Crippen LogP contribution in [0.15, 0.2) is 17.1 Å². The third-order valence-corrected chi connectivity index (χ3v) is 3.04. The molecule has 1 aromatic rings. The smallest absolute Gasteiger partial charge is 0.351 e. The fourth-order valence-electron chi connectivity index (χ4n) is 1.92. The molecule has 0 amide bonds. The van der Waals surface area contributed by atoms with Gasteiger partial charge in [0.05, 0.1) is 12.7 Å². The van der Waals surface area contributed by atoms with Crippen LogP contribution < -0.4 is 11.4 Å². The molecule has 1 fully saturated rings. The molecule has 0 spiro atoms. The number of ether oxygens (including phenoxy) is 1. The number of nitrogen functional groups attached to an aromatic ring is 1. The van der Waals surface area contributed by atoms with Crippen molar-refractivity contribution >= 4 is 5.82 Å². The number of aromatic nitrogens is 2. The number of nitrogens with two attached hydrogens (primary N) is 1. The molecule has 4 N–H and O–H groups in total. The molecular weight excluding hydrogens is 226 g/mol. The fraction of sp³-hybridized carbons (Fsp3) is 0.600. The normalized spacial score (nSPS) is 32.9. The lowest BCUT2D eigenvalue weighted by Gasteiger charge is -2.17. The Hall–Kier alpha value is -1.44. The first-order valence-corrected chi connectivity index (χ1v) is 5.33. The first kappa shape index (κ1) is 12.0. The Morgan fingerprint density at radius 3 is 2.88 bits per heavy atom. The largest absolute Gasteiger partial charge is 0.394 e.